The molecule has 1 amide bonds. The van der Waals surface area contributed by atoms with Crippen LogP contribution >= 0.6 is 7.82 Å². The zero-order valence-electron chi connectivity index (χ0n) is 53.0. The topological polar surface area (TPSA) is 114 Å². The molecule has 3 unspecified atom stereocenters. The maximum Gasteiger partial charge on any atom is 0.306 e. The largest absolute Gasteiger partial charge is 0.756 e. The molecule has 0 fully saturated rings. The number of esters is 1. The van der Waals surface area contributed by atoms with Crippen molar-refractivity contribution in [2.45, 2.75) is 309 Å². The summed E-state index contributed by atoms with van der Waals surface area (Å²) in [5, 5.41) is 3.03. The van der Waals surface area contributed by atoms with Crippen LogP contribution in [0.25, 0.3) is 0 Å². The molecule has 464 valence electrons. The smallest absolute Gasteiger partial charge is 0.306 e. The molecule has 0 heterocycles. The second-order valence-corrected chi connectivity index (χ2v) is 25.0. The van der Waals surface area contributed by atoms with Gasteiger partial charge < -0.3 is 28.5 Å². The standard InChI is InChI=1S/C70H127N2O7P/c1-7-10-13-16-19-22-25-28-30-32-33-34-35-36-37-38-39-40-42-45-48-51-54-57-60-63-70(74)79-68(61-58-55-52-49-46-43-27-24-21-18-15-12-9-3)67(66-78-80(75,76)77-65-64-72(4,5)6)71-69(73)62-59-56-53-50-47-44-41-31-29-26-23-20-17-14-11-8-2/h11,14,19-20,22-23,28-31,33-34,58,61,67-68H,7-10,12-13,15-18,21,24-27,32,35-57,59-60,62-66H2,1-6H3,(H-,71,73,75,76)/b14-11+,22-19-,23-20+,30-28-,31-29+,34-33-,61-58-. The number of hydrogen-bond acceptors (Lipinski definition) is 7. The van der Waals surface area contributed by atoms with Crippen LogP contribution in [-0.4, -0.2) is 69.4 Å². The number of phosphoric acid groups is 1. The Kier molecular flexibility index (Phi) is 57.3. The second-order valence-electron chi connectivity index (χ2n) is 23.6. The third-order valence-electron chi connectivity index (χ3n) is 14.6. The monoisotopic (exact) mass is 1140 g/mol. The Labute approximate surface area is 495 Å². The molecule has 1 N–H and O–H groups in total. The van der Waals surface area contributed by atoms with Crippen LogP contribution in [-0.2, 0) is 27.9 Å². The lowest BCUT2D eigenvalue weighted by atomic mass is 10.0. The van der Waals surface area contributed by atoms with E-state index in [4.69, 9.17) is 13.8 Å². The summed E-state index contributed by atoms with van der Waals surface area (Å²) in [5.74, 6) is -0.554. The Balaban J connectivity index is 5.15. The minimum absolute atomic E-state index is 0.0280. The molecule has 10 heteroatoms. The molecule has 80 heavy (non-hydrogen) atoms. The number of unbranched alkanes of at least 4 members (excludes halogenated alkanes) is 32. The molecule has 0 saturated carbocycles. The van der Waals surface area contributed by atoms with Gasteiger partial charge in [-0.25, -0.2) is 0 Å². The highest BCUT2D eigenvalue weighted by atomic mass is 31.2. The number of ether oxygens (including phenoxy) is 1. The first-order valence-electron chi connectivity index (χ1n) is 33.4. The fraction of sp³-hybridized carbons (Fsp3) is 0.771. The van der Waals surface area contributed by atoms with Crippen LogP contribution in [0.5, 0.6) is 0 Å². The summed E-state index contributed by atoms with van der Waals surface area (Å²) in [6.07, 6.45) is 78.4. The van der Waals surface area contributed by atoms with Gasteiger partial charge in [-0.15, -0.1) is 0 Å². The third kappa shape index (κ3) is 59.8. The van der Waals surface area contributed by atoms with Crippen LogP contribution in [0.3, 0.4) is 0 Å². The molecule has 0 radical (unpaired) electrons. The van der Waals surface area contributed by atoms with Gasteiger partial charge in [-0.2, -0.15) is 0 Å². The Morgan fingerprint density at radius 2 is 0.800 bits per heavy atom. The van der Waals surface area contributed by atoms with Crippen LogP contribution < -0.4 is 10.2 Å². The van der Waals surface area contributed by atoms with Crippen LogP contribution in [0, 0.1) is 0 Å². The van der Waals surface area contributed by atoms with Gasteiger partial charge in [0.25, 0.3) is 7.82 Å². The molecule has 0 spiro atoms. The lowest BCUT2D eigenvalue weighted by Crippen LogP contribution is -2.47. The number of likely N-dealkylation sites (N-methyl/N-ethyl adjacent to an activating group) is 1. The first-order valence-corrected chi connectivity index (χ1v) is 34.9. The Morgan fingerprint density at radius 1 is 0.450 bits per heavy atom. The minimum Gasteiger partial charge on any atom is -0.756 e. The predicted octanol–water partition coefficient (Wildman–Crippen LogP) is 20.3. The van der Waals surface area contributed by atoms with Crippen molar-refractivity contribution in [1.29, 1.82) is 0 Å². The van der Waals surface area contributed by atoms with Crippen LogP contribution in [0.1, 0.15) is 297 Å². The van der Waals surface area contributed by atoms with Crippen molar-refractivity contribution in [3.05, 3.63) is 85.1 Å². The first-order chi connectivity index (χ1) is 38.9. The van der Waals surface area contributed by atoms with Crippen molar-refractivity contribution in [3.8, 4) is 0 Å². The lowest BCUT2D eigenvalue weighted by Gasteiger charge is -2.30. The summed E-state index contributed by atoms with van der Waals surface area (Å²) in [6, 6.07) is -0.900. The number of nitrogens with zero attached hydrogens (tertiary/aromatic N) is 1. The number of rotatable bonds is 60. The molecule has 0 saturated heterocycles. The Hall–Kier alpha value is -2.81. The Morgan fingerprint density at radius 3 is 1.23 bits per heavy atom. The van der Waals surface area contributed by atoms with E-state index < -0.39 is 26.6 Å². The highest BCUT2D eigenvalue weighted by Gasteiger charge is 2.27. The van der Waals surface area contributed by atoms with Gasteiger partial charge in [0.15, 0.2) is 0 Å². The lowest BCUT2D eigenvalue weighted by molar-refractivity contribution is -0.870. The maximum atomic E-state index is 13.5. The molecule has 3 atom stereocenters. The van der Waals surface area contributed by atoms with Crippen LogP contribution in [0.15, 0.2) is 85.1 Å². The van der Waals surface area contributed by atoms with E-state index in [1.807, 2.05) is 33.3 Å². The third-order valence-corrected chi connectivity index (χ3v) is 15.5. The van der Waals surface area contributed by atoms with Crippen molar-refractivity contribution in [3.63, 3.8) is 0 Å². The molecule has 0 aliphatic rings. The molecular weight excluding hydrogens is 1010 g/mol. The highest BCUT2D eigenvalue weighted by Crippen LogP contribution is 2.38. The number of quaternary nitrogens is 1. The van der Waals surface area contributed by atoms with Gasteiger partial charge in [-0.05, 0) is 102 Å². The van der Waals surface area contributed by atoms with Gasteiger partial charge in [0.1, 0.15) is 19.3 Å². The Bertz CT molecular complexity index is 1640. The molecule has 0 aromatic heterocycles. The van der Waals surface area contributed by atoms with E-state index in [0.29, 0.717) is 17.4 Å². The zero-order chi connectivity index (χ0) is 58.6. The van der Waals surface area contributed by atoms with Crippen molar-refractivity contribution in [2.24, 2.45) is 0 Å². The number of allylic oxidation sites excluding steroid dienone is 13. The number of amides is 1. The van der Waals surface area contributed by atoms with Gasteiger partial charge in [0.2, 0.25) is 5.91 Å². The second kappa shape index (κ2) is 59.4. The van der Waals surface area contributed by atoms with E-state index in [0.717, 1.165) is 116 Å². The van der Waals surface area contributed by atoms with E-state index >= 15 is 0 Å². The number of carbonyl (C=O) groups excluding carboxylic acids is 2. The van der Waals surface area contributed by atoms with Crippen molar-refractivity contribution in [2.75, 3.05) is 40.9 Å². The van der Waals surface area contributed by atoms with E-state index in [9.17, 15) is 19.0 Å². The van der Waals surface area contributed by atoms with Crippen molar-refractivity contribution < 1.29 is 37.3 Å². The molecule has 9 nitrogen and oxygen atoms in total. The average Bonchev–Trinajstić information content (AvgIpc) is 3.42. The van der Waals surface area contributed by atoms with E-state index in [2.05, 4.69) is 99.0 Å². The molecule has 0 aliphatic heterocycles. The fourth-order valence-corrected chi connectivity index (χ4v) is 10.1. The molecule has 0 bridgehead atoms. The van der Waals surface area contributed by atoms with Gasteiger partial charge in [-0.3, -0.25) is 14.2 Å². The fourth-order valence-electron chi connectivity index (χ4n) is 9.43. The minimum atomic E-state index is -4.71. The quantitative estimate of drug-likeness (QED) is 0.0212. The van der Waals surface area contributed by atoms with E-state index in [1.54, 1.807) is 0 Å². The van der Waals surface area contributed by atoms with Crippen LogP contribution in [0.2, 0.25) is 0 Å². The highest BCUT2D eigenvalue weighted by molar-refractivity contribution is 7.45. The number of phosphoric ester groups is 1. The summed E-state index contributed by atoms with van der Waals surface area (Å²) < 4.78 is 30.4. The molecule has 0 aromatic carbocycles. The molecular formula is C70H127N2O7P. The van der Waals surface area contributed by atoms with Crippen molar-refractivity contribution in [1.82, 2.24) is 5.32 Å². The summed E-state index contributed by atoms with van der Waals surface area (Å²) in [7, 11) is 1.17. The van der Waals surface area contributed by atoms with Crippen LogP contribution in [0.4, 0.5) is 0 Å². The molecule has 0 aromatic rings. The number of hydrogen-bond donors (Lipinski definition) is 1. The molecule has 0 aliphatic carbocycles. The summed E-state index contributed by atoms with van der Waals surface area (Å²) >= 11 is 0. The first kappa shape index (κ1) is 77.2. The van der Waals surface area contributed by atoms with Gasteiger partial charge in [0.05, 0.1) is 33.8 Å². The average molecular weight is 1140 g/mol. The van der Waals surface area contributed by atoms with Crippen molar-refractivity contribution >= 4 is 19.7 Å². The molecule has 0 rings (SSSR count). The summed E-state index contributed by atoms with van der Waals surface area (Å²) in [4.78, 5) is 40.1. The van der Waals surface area contributed by atoms with Gasteiger partial charge in [-0.1, -0.05) is 267 Å². The number of carbonyl (C=O) groups is 2. The summed E-state index contributed by atoms with van der Waals surface area (Å²) in [6.45, 7) is 6.71. The normalized spacial score (nSPS) is 14.1. The maximum absolute atomic E-state index is 13.5. The summed E-state index contributed by atoms with van der Waals surface area (Å²) in [5.41, 5.74) is 0. The SMILES string of the molecule is CC/C=C/C/C=C/C/C=C/CCCCCCCCC(=O)NC(COP(=O)([O-])OCC[N+](C)(C)C)C(/C=C\CCCCCCCCCCCCC)OC(=O)CCCCCCCCCCCCCC/C=C\C/C=C\C/C=C\CCCCC. The van der Waals surface area contributed by atoms with Gasteiger partial charge in [0, 0.05) is 12.8 Å². The van der Waals surface area contributed by atoms with Gasteiger partial charge >= 0.3 is 5.97 Å². The van der Waals surface area contributed by atoms with E-state index in [-0.39, 0.29) is 24.9 Å². The number of nitrogens with one attached hydrogen (secondary N) is 1. The van der Waals surface area contributed by atoms with E-state index in [1.165, 1.54) is 148 Å². The predicted molar refractivity (Wildman–Crippen MR) is 344 cm³/mol. The zero-order valence-corrected chi connectivity index (χ0v) is 53.9.